The summed E-state index contributed by atoms with van der Waals surface area (Å²) in [6.07, 6.45) is 9.00. The Bertz CT molecular complexity index is 24.0. The monoisotopic (exact) mass is 280 g/mol. The molecular formula is C6H13Pt+. The van der Waals surface area contributed by atoms with Crippen LogP contribution in [-0.2, 0) is 21.1 Å². The molecule has 0 bridgehead atoms. The molecule has 0 unspecified atom stereocenters. The second-order valence-electron chi connectivity index (χ2n) is 2.12. The summed E-state index contributed by atoms with van der Waals surface area (Å²) in [6.45, 7) is 0. The Balaban J connectivity index is 0. The number of hydrogen-bond donors (Lipinski definition) is 0. The van der Waals surface area contributed by atoms with Crippen LogP contribution in [0.15, 0.2) is 0 Å². The van der Waals surface area contributed by atoms with E-state index in [0.717, 1.165) is 0 Å². The van der Waals surface area contributed by atoms with Crippen molar-refractivity contribution in [2.75, 3.05) is 0 Å². The number of hydrogen-bond acceptors (Lipinski definition) is 0. The van der Waals surface area contributed by atoms with Crippen LogP contribution in [0.25, 0.3) is 0 Å². The third-order valence-electron chi connectivity index (χ3n) is 1.50. The van der Waals surface area contributed by atoms with Crippen molar-refractivity contribution in [3.63, 3.8) is 0 Å². The fraction of sp³-hybridized carbons (Fsp3) is 1.00. The Morgan fingerprint density at radius 3 is 0.857 bits per heavy atom. The Morgan fingerprint density at radius 2 is 0.714 bits per heavy atom. The Labute approximate surface area is 61.4 Å². The van der Waals surface area contributed by atoms with Crippen LogP contribution in [0.2, 0.25) is 0 Å². The first-order valence-electron chi connectivity index (χ1n) is 3.00. The Kier molecular flexibility index (Phi) is 5.31. The van der Waals surface area contributed by atoms with Gasteiger partial charge in [-0.2, -0.15) is 0 Å². The van der Waals surface area contributed by atoms with Gasteiger partial charge in [-0.3, -0.25) is 0 Å². The minimum absolute atomic E-state index is 0. The van der Waals surface area contributed by atoms with Gasteiger partial charge in [0.05, 0.1) is 0 Å². The molecule has 1 heteroatoms. The van der Waals surface area contributed by atoms with Crippen LogP contribution in [0.5, 0.6) is 0 Å². The van der Waals surface area contributed by atoms with E-state index in [4.69, 9.17) is 0 Å². The van der Waals surface area contributed by atoms with Gasteiger partial charge in [0.1, 0.15) is 0 Å². The van der Waals surface area contributed by atoms with Gasteiger partial charge in [-0.15, -0.1) is 0 Å². The molecule has 0 spiro atoms. The van der Waals surface area contributed by atoms with E-state index in [1.165, 1.54) is 38.5 Å². The van der Waals surface area contributed by atoms with E-state index in [-0.39, 0.29) is 22.5 Å². The molecular weight excluding hydrogens is 267 g/mol. The van der Waals surface area contributed by atoms with Gasteiger partial charge in [-0.25, -0.2) is 0 Å². The first kappa shape index (κ1) is 7.69. The molecule has 0 N–H and O–H groups in total. The van der Waals surface area contributed by atoms with Gasteiger partial charge in [0.15, 0.2) is 0 Å². The van der Waals surface area contributed by atoms with Crippen LogP contribution in [0, 0.1) is 0 Å². The molecule has 0 saturated heterocycles. The molecule has 0 aromatic carbocycles. The maximum atomic E-state index is 1.50. The van der Waals surface area contributed by atoms with E-state index in [2.05, 4.69) is 0 Å². The predicted molar refractivity (Wildman–Crippen MR) is 28.8 cm³/mol. The summed E-state index contributed by atoms with van der Waals surface area (Å²) in [5.74, 6) is 0. The minimum Gasteiger partial charge on any atom is -0.0533 e. The molecule has 0 atom stereocenters. The molecule has 1 aliphatic carbocycles. The van der Waals surface area contributed by atoms with Gasteiger partial charge in [0.2, 0.25) is 0 Å². The molecule has 7 heavy (non-hydrogen) atoms. The van der Waals surface area contributed by atoms with E-state index < -0.39 is 0 Å². The molecule has 0 heterocycles. The fourth-order valence-electron chi connectivity index (χ4n) is 1.06. The van der Waals surface area contributed by atoms with Gasteiger partial charge in [0.25, 0.3) is 0 Å². The van der Waals surface area contributed by atoms with Gasteiger partial charge in [-0.1, -0.05) is 38.5 Å². The van der Waals surface area contributed by atoms with E-state index in [1.807, 2.05) is 0 Å². The van der Waals surface area contributed by atoms with Crippen LogP contribution < -0.4 is 0 Å². The van der Waals surface area contributed by atoms with Crippen molar-refractivity contribution >= 4 is 0 Å². The summed E-state index contributed by atoms with van der Waals surface area (Å²) in [4.78, 5) is 0. The summed E-state index contributed by atoms with van der Waals surface area (Å²) in [7, 11) is 0. The van der Waals surface area contributed by atoms with Crippen molar-refractivity contribution in [3.05, 3.63) is 0 Å². The molecule has 0 radical (unpaired) electrons. The smallest absolute Gasteiger partial charge is 0.0533 e. The second-order valence-corrected chi connectivity index (χ2v) is 2.12. The quantitative estimate of drug-likeness (QED) is 0.639. The zero-order valence-corrected chi connectivity index (χ0v) is 6.83. The Hall–Kier alpha value is 0.688. The molecule has 46 valence electrons. The molecule has 0 amide bonds. The molecule has 1 rings (SSSR count). The summed E-state index contributed by atoms with van der Waals surface area (Å²) >= 11 is 0. The van der Waals surface area contributed by atoms with E-state index in [1.54, 1.807) is 0 Å². The van der Waals surface area contributed by atoms with Crippen LogP contribution in [-0.4, -0.2) is 0 Å². The van der Waals surface area contributed by atoms with Crippen LogP contribution in [0.1, 0.15) is 40.0 Å². The van der Waals surface area contributed by atoms with E-state index >= 15 is 0 Å². The molecule has 0 aliphatic heterocycles. The van der Waals surface area contributed by atoms with Gasteiger partial charge in [-0.05, 0) is 0 Å². The van der Waals surface area contributed by atoms with Crippen molar-refractivity contribution in [1.29, 1.82) is 0 Å². The van der Waals surface area contributed by atoms with Gasteiger partial charge >= 0.3 is 1.43 Å². The van der Waals surface area contributed by atoms with Crippen LogP contribution in [0.3, 0.4) is 0 Å². The zero-order valence-electron chi connectivity index (χ0n) is 5.56. The second kappa shape index (κ2) is 4.84. The van der Waals surface area contributed by atoms with Gasteiger partial charge in [0, 0.05) is 21.1 Å². The zero-order chi connectivity index (χ0) is 4.24. The molecule has 0 aromatic rings. The van der Waals surface area contributed by atoms with Crippen molar-refractivity contribution in [2.45, 2.75) is 38.5 Å². The first-order valence-corrected chi connectivity index (χ1v) is 3.00. The number of rotatable bonds is 0. The predicted octanol–water partition coefficient (Wildman–Crippen LogP) is 2.45. The molecule has 0 nitrogen and oxygen atoms in total. The average molecular weight is 280 g/mol. The van der Waals surface area contributed by atoms with Crippen LogP contribution >= 0.6 is 0 Å². The average Bonchev–Trinajstić information content (AvgIpc) is 1.72. The SMILES string of the molecule is C1CCCCC1.[H+].[Pt]. The third kappa shape index (κ3) is 3.29. The maximum Gasteiger partial charge on any atom is 1.00 e. The van der Waals surface area contributed by atoms with Crippen molar-refractivity contribution < 1.29 is 22.5 Å². The maximum absolute atomic E-state index is 1.50. The third-order valence-corrected chi connectivity index (χ3v) is 1.50. The standard InChI is InChI=1S/C6H12.Pt/c1-2-4-6-5-3-1;/h1-6H2;/p+1. The molecule has 1 aliphatic rings. The van der Waals surface area contributed by atoms with Crippen molar-refractivity contribution in [1.82, 2.24) is 0 Å². The molecule has 1 fully saturated rings. The fourth-order valence-corrected chi connectivity index (χ4v) is 1.06. The summed E-state index contributed by atoms with van der Waals surface area (Å²) in [6, 6.07) is 0. The molecule has 0 aromatic heterocycles. The topological polar surface area (TPSA) is 0 Å². The minimum atomic E-state index is 0. The van der Waals surface area contributed by atoms with Crippen LogP contribution in [0.4, 0.5) is 0 Å². The Morgan fingerprint density at radius 1 is 0.571 bits per heavy atom. The van der Waals surface area contributed by atoms with E-state index in [0.29, 0.717) is 0 Å². The van der Waals surface area contributed by atoms with Crippen molar-refractivity contribution in [2.24, 2.45) is 0 Å². The van der Waals surface area contributed by atoms with E-state index in [9.17, 15) is 0 Å². The first-order chi connectivity index (χ1) is 3.00. The van der Waals surface area contributed by atoms with Gasteiger partial charge < -0.3 is 0 Å². The molecule has 1 saturated carbocycles. The normalized spacial score (nSPS) is 20.6. The van der Waals surface area contributed by atoms with Crippen molar-refractivity contribution in [3.8, 4) is 0 Å². The largest absolute Gasteiger partial charge is 1.00 e. The summed E-state index contributed by atoms with van der Waals surface area (Å²) in [5, 5.41) is 0. The summed E-state index contributed by atoms with van der Waals surface area (Å²) < 4.78 is 0. The summed E-state index contributed by atoms with van der Waals surface area (Å²) in [5.41, 5.74) is 0.